The van der Waals surface area contributed by atoms with Gasteiger partial charge in [0, 0.05) is 25.2 Å². The van der Waals surface area contributed by atoms with Crippen molar-refractivity contribution in [3.05, 3.63) is 29.6 Å². The first-order valence-corrected chi connectivity index (χ1v) is 5.56. The van der Waals surface area contributed by atoms with E-state index in [2.05, 4.69) is 6.07 Å². The van der Waals surface area contributed by atoms with Gasteiger partial charge in [-0.15, -0.1) is 11.6 Å². The Kier molecular flexibility index (Phi) is 4.57. The molecule has 0 saturated carbocycles. The minimum atomic E-state index is -0.301. The molecule has 0 aliphatic carbocycles. The first kappa shape index (κ1) is 12.8. The van der Waals surface area contributed by atoms with E-state index in [4.69, 9.17) is 16.9 Å². The Morgan fingerprint density at radius 1 is 1.50 bits per heavy atom. The van der Waals surface area contributed by atoms with Gasteiger partial charge in [-0.2, -0.15) is 5.26 Å². The molecule has 0 aromatic heterocycles. The number of alkyl halides is 1. The van der Waals surface area contributed by atoms with Gasteiger partial charge in [0.15, 0.2) is 0 Å². The Hall–Kier alpha value is -1.27. The highest BCUT2D eigenvalue weighted by molar-refractivity contribution is 6.17. The van der Waals surface area contributed by atoms with Crippen LogP contribution in [-0.2, 0) is 5.88 Å². The average molecular weight is 241 g/mol. The molecule has 0 heterocycles. The van der Waals surface area contributed by atoms with Crippen LogP contribution in [0.25, 0.3) is 0 Å². The van der Waals surface area contributed by atoms with Gasteiger partial charge in [0.2, 0.25) is 0 Å². The summed E-state index contributed by atoms with van der Waals surface area (Å²) in [6.45, 7) is 2.40. The van der Waals surface area contributed by atoms with E-state index >= 15 is 0 Å². The van der Waals surface area contributed by atoms with Gasteiger partial charge in [-0.1, -0.05) is 0 Å². The van der Waals surface area contributed by atoms with Crippen LogP contribution in [-0.4, -0.2) is 13.6 Å². The number of nitriles is 1. The van der Waals surface area contributed by atoms with Crippen LogP contribution in [0.1, 0.15) is 12.5 Å². The highest BCUT2D eigenvalue weighted by atomic mass is 35.5. The van der Waals surface area contributed by atoms with Crippen molar-refractivity contribution < 1.29 is 4.39 Å². The molecule has 1 unspecified atom stereocenters. The summed E-state index contributed by atoms with van der Waals surface area (Å²) in [5.41, 5.74) is 1.49. The largest absolute Gasteiger partial charge is 0.373 e. The number of rotatable bonds is 4. The third kappa shape index (κ3) is 3.39. The molecule has 16 heavy (non-hydrogen) atoms. The zero-order valence-corrected chi connectivity index (χ0v) is 10.1. The monoisotopic (exact) mass is 240 g/mol. The highest BCUT2D eigenvalue weighted by Gasteiger charge is 2.08. The summed E-state index contributed by atoms with van der Waals surface area (Å²) in [6.07, 6.45) is 0. The van der Waals surface area contributed by atoms with Crippen LogP contribution in [0, 0.1) is 23.1 Å². The second kappa shape index (κ2) is 5.72. The average Bonchev–Trinajstić information content (AvgIpc) is 2.27. The molecular weight excluding hydrogens is 227 g/mol. The van der Waals surface area contributed by atoms with Gasteiger partial charge in [0.1, 0.15) is 5.82 Å². The fraction of sp³-hybridized carbons (Fsp3) is 0.417. The van der Waals surface area contributed by atoms with Crippen molar-refractivity contribution in [1.82, 2.24) is 0 Å². The maximum Gasteiger partial charge on any atom is 0.125 e. The Bertz CT molecular complexity index is 400. The summed E-state index contributed by atoms with van der Waals surface area (Å²) in [6, 6.07) is 6.84. The number of halogens is 2. The minimum Gasteiger partial charge on any atom is -0.373 e. The standard InChI is InChI=1S/C12H14ClFN2/c1-9(7-15)8-16(2)12-4-10(6-13)3-11(14)5-12/h3-5,9H,6,8H2,1-2H3. The van der Waals surface area contributed by atoms with Crippen molar-refractivity contribution in [1.29, 1.82) is 5.26 Å². The third-order valence-electron chi connectivity index (χ3n) is 2.31. The molecule has 86 valence electrons. The molecule has 0 radical (unpaired) electrons. The van der Waals surface area contributed by atoms with Crippen LogP contribution in [0.4, 0.5) is 10.1 Å². The first-order chi connectivity index (χ1) is 7.56. The van der Waals surface area contributed by atoms with Gasteiger partial charge in [0.25, 0.3) is 0 Å². The molecule has 0 N–H and O–H groups in total. The van der Waals surface area contributed by atoms with E-state index in [1.807, 2.05) is 24.9 Å². The molecular formula is C12H14ClFN2. The highest BCUT2D eigenvalue weighted by Crippen LogP contribution is 2.19. The normalized spacial score (nSPS) is 11.9. The summed E-state index contributed by atoms with van der Waals surface area (Å²) < 4.78 is 13.2. The van der Waals surface area contributed by atoms with Crippen molar-refractivity contribution in [2.24, 2.45) is 5.92 Å². The summed E-state index contributed by atoms with van der Waals surface area (Å²) in [4.78, 5) is 1.85. The lowest BCUT2D eigenvalue weighted by Gasteiger charge is -2.21. The molecule has 1 aromatic carbocycles. The summed E-state index contributed by atoms with van der Waals surface area (Å²) in [5, 5.41) is 8.71. The van der Waals surface area contributed by atoms with Gasteiger partial charge in [0.05, 0.1) is 12.0 Å². The van der Waals surface area contributed by atoms with Gasteiger partial charge in [-0.05, 0) is 30.7 Å². The molecule has 1 aromatic rings. The Morgan fingerprint density at radius 3 is 2.75 bits per heavy atom. The molecule has 0 aliphatic heterocycles. The fourth-order valence-electron chi connectivity index (χ4n) is 1.49. The molecule has 0 spiro atoms. The number of nitrogens with zero attached hydrogens (tertiary/aromatic N) is 2. The number of anilines is 1. The lowest BCUT2D eigenvalue weighted by molar-refractivity contribution is 0.624. The smallest absolute Gasteiger partial charge is 0.125 e. The molecule has 0 fully saturated rings. The van der Waals surface area contributed by atoms with E-state index < -0.39 is 0 Å². The van der Waals surface area contributed by atoms with Crippen molar-refractivity contribution in [3.8, 4) is 6.07 Å². The molecule has 1 rings (SSSR count). The van der Waals surface area contributed by atoms with Crippen LogP contribution in [0.3, 0.4) is 0 Å². The summed E-state index contributed by atoms with van der Waals surface area (Å²) in [7, 11) is 1.83. The van der Waals surface area contributed by atoms with Gasteiger partial charge in [-0.3, -0.25) is 0 Å². The van der Waals surface area contributed by atoms with Gasteiger partial charge >= 0.3 is 0 Å². The lowest BCUT2D eigenvalue weighted by atomic mass is 10.1. The molecule has 0 bridgehead atoms. The third-order valence-corrected chi connectivity index (χ3v) is 2.61. The van der Waals surface area contributed by atoms with E-state index in [1.54, 1.807) is 0 Å². The SMILES string of the molecule is CC(C#N)CN(C)c1cc(F)cc(CCl)c1. The number of hydrogen-bond donors (Lipinski definition) is 0. The van der Waals surface area contributed by atoms with Crippen LogP contribution < -0.4 is 4.90 Å². The van der Waals surface area contributed by atoms with Gasteiger partial charge < -0.3 is 4.90 Å². The van der Waals surface area contributed by atoms with Crippen LogP contribution in [0.15, 0.2) is 18.2 Å². The molecule has 4 heteroatoms. The van der Waals surface area contributed by atoms with Crippen molar-refractivity contribution in [2.75, 3.05) is 18.5 Å². The second-order valence-electron chi connectivity index (χ2n) is 3.86. The molecule has 1 atom stereocenters. The van der Waals surface area contributed by atoms with E-state index in [0.29, 0.717) is 6.54 Å². The minimum absolute atomic E-state index is 0.0901. The van der Waals surface area contributed by atoms with Crippen molar-refractivity contribution in [3.63, 3.8) is 0 Å². The molecule has 2 nitrogen and oxygen atoms in total. The molecule has 0 amide bonds. The van der Waals surface area contributed by atoms with Gasteiger partial charge in [-0.25, -0.2) is 4.39 Å². The van der Waals surface area contributed by atoms with Crippen LogP contribution >= 0.6 is 11.6 Å². The van der Waals surface area contributed by atoms with E-state index in [9.17, 15) is 4.39 Å². The van der Waals surface area contributed by atoms with E-state index in [1.165, 1.54) is 12.1 Å². The Labute approximate surface area is 100 Å². The Morgan fingerprint density at radius 2 is 2.19 bits per heavy atom. The quantitative estimate of drug-likeness (QED) is 0.756. The zero-order chi connectivity index (χ0) is 12.1. The topological polar surface area (TPSA) is 27.0 Å². The Balaban J connectivity index is 2.87. The molecule has 0 saturated heterocycles. The fourth-order valence-corrected chi connectivity index (χ4v) is 1.64. The van der Waals surface area contributed by atoms with E-state index in [0.717, 1.165) is 11.3 Å². The molecule has 0 aliphatic rings. The van der Waals surface area contributed by atoms with E-state index in [-0.39, 0.29) is 17.6 Å². The van der Waals surface area contributed by atoms with Crippen molar-refractivity contribution in [2.45, 2.75) is 12.8 Å². The maximum absolute atomic E-state index is 13.2. The van der Waals surface area contributed by atoms with Crippen molar-refractivity contribution >= 4 is 17.3 Å². The maximum atomic E-state index is 13.2. The van der Waals surface area contributed by atoms with Crippen LogP contribution in [0.2, 0.25) is 0 Å². The number of benzene rings is 1. The van der Waals surface area contributed by atoms with Crippen LogP contribution in [0.5, 0.6) is 0 Å². The summed E-state index contributed by atoms with van der Waals surface area (Å²) >= 11 is 5.67. The predicted octanol–water partition coefficient (Wildman–Crippen LogP) is 3.16. The number of hydrogen-bond acceptors (Lipinski definition) is 2. The zero-order valence-electron chi connectivity index (χ0n) is 9.37. The lowest BCUT2D eigenvalue weighted by Crippen LogP contribution is -2.23. The second-order valence-corrected chi connectivity index (χ2v) is 4.13. The first-order valence-electron chi connectivity index (χ1n) is 5.03. The predicted molar refractivity (Wildman–Crippen MR) is 64.0 cm³/mol. The summed E-state index contributed by atoms with van der Waals surface area (Å²) in [5.74, 6) is -0.107.